The molecule has 2 unspecified atom stereocenters. The highest BCUT2D eigenvalue weighted by Gasteiger charge is 2.29. The van der Waals surface area contributed by atoms with Crippen LogP contribution in [0.1, 0.15) is 23.6 Å². The molecule has 2 aromatic carbocycles. The second-order valence-electron chi connectivity index (χ2n) is 5.56. The van der Waals surface area contributed by atoms with Crippen LogP contribution < -0.4 is 16.2 Å². The van der Waals surface area contributed by atoms with Gasteiger partial charge in [-0.25, -0.2) is 10.9 Å². The van der Waals surface area contributed by atoms with Crippen LogP contribution in [0.2, 0.25) is 0 Å². The second-order valence-corrected chi connectivity index (χ2v) is 5.56. The Kier molecular flexibility index (Phi) is 4.67. The lowest BCUT2D eigenvalue weighted by molar-refractivity contribution is -0.117. The normalized spacial score (nSPS) is 20.0. The third-order valence-electron chi connectivity index (χ3n) is 3.93. The Morgan fingerprint density at radius 2 is 1.87 bits per heavy atom. The van der Waals surface area contributed by atoms with Gasteiger partial charge in [0.2, 0.25) is 5.91 Å². The Hall–Kier alpha value is -2.68. The standard InChI is InChI=1S/C18H18N4O/c19-11-10-13-6-8-15(9-7-13)20-18(23)17-12-16(21-22-17)14-4-2-1-3-5-14/h1-9,16-17,21-22H,10,12H2,(H,20,23). The molecule has 1 aliphatic heterocycles. The molecule has 0 radical (unpaired) electrons. The average Bonchev–Trinajstić information content (AvgIpc) is 3.08. The summed E-state index contributed by atoms with van der Waals surface area (Å²) >= 11 is 0. The van der Waals surface area contributed by atoms with Crippen LogP contribution in [0.4, 0.5) is 5.69 Å². The molecule has 116 valence electrons. The van der Waals surface area contributed by atoms with Gasteiger partial charge in [0.1, 0.15) is 6.04 Å². The lowest BCUT2D eigenvalue weighted by Crippen LogP contribution is -2.39. The largest absolute Gasteiger partial charge is 0.325 e. The number of anilines is 1. The van der Waals surface area contributed by atoms with Gasteiger partial charge in [0.05, 0.1) is 12.5 Å². The van der Waals surface area contributed by atoms with E-state index >= 15 is 0 Å². The Balaban J connectivity index is 1.58. The van der Waals surface area contributed by atoms with E-state index in [0.29, 0.717) is 12.8 Å². The van der Waals surface area contributed by atoms with Crippen LogP contribution in [-0.4, -0.2) is 11.9 Å². The van der Waals surface area contributed by atoms with Gasteiger partial charge in [0.15, 0.2) is 0 Å². The molecule has 1 amide bonds. The number of rotatable bonds is 4. The lowest BCUT2D eigenvalue weighted by Gasteiger charge is -2.11. The van der Waals surface area contributed by atoms with E-state index in [9.17, 15) is 4.79 Å². The molecule has 3 rings (SSSR count). The molecule has 2 aromatic rings. The van der Waals surface area contributed by atoms with E-state index in [1.807, 2.05) is 54.6 Å². The fourth-order valence-electron chi connectivity index (χ4n) is 2.66. The predicted molar refractivity (Wildman–Crippen MR) is 88.2 cm³/mol. The highest BCUT2D eigenvalue weighted by atomic mass is 16.2. The first kappa shape index (κ1) is 15.2. The number of hydrogen-bond acceptors (Lipinski definition) is 4. The van der Waals surface area contributed by atoms with Crippen molar-refractivity contribution in [2.24, 2.45) is 0 Å². The summed E-state index contributed by atoms with van der Waals surface area (Å²) in [6.45, 7) is 0. The van der Waals surface area contributed by atoms with Crippen molar-refractivity contribution < 1.29 is 4.79 Å². The molecule has 0 aromatic heterocycles. The number of hydrogen-bond donors (Lipinski definition) is 3. The number of carbonyl (C=O) groups excluding carboxylic acids is 1. The zero-order valence-electron chi connectivity index (χ0n) is 12.6. The predicted octanol–water partition coefficient (Wildman–Crippen LogP) is 2.30. The number of nitrogens with zero attached hydrogens (tertiary/aromatic N) is 1. The maximum Gasteiger partial charge on any atom is 0.242 e. The Labute approximate surface area is 135 Å². The van der Waals surface area contributed by atoms with Crippen molar-refractivity contribution in [1.82, 2.24) is 10.9 Å². The van der Waals surface area contributed by atoms with E-state index in [0.717, 1.165) is 16.8 Å². The molecule has 1 fully saturated rings. The fourth-order valence-corrected chi connectivity index (χ4v) is 2.66. The highest BCUT2D eigenvalue weighted by molar-refractivity contribution is 5.95. The van der Waals surface area contributed by atoms with Gasteiger partial charge in [-0.3, -0.25) is 4.79 Å². The zero-order valence-corrected chi connectivity index (χ0v) is 12.6. The van der Waals surface area contributed by atoms with Crippen LogP contribution in [0.5, 0.6) is 0 Å². The summed E-state index contributed by atoms with van der Waals surface area (Å²) in [5.41, 5.74) is 9.06. The quantitative estimate of drug-likeness (QED) is 0.810. The monoisotopic (exact) mass is 306 g/mol. The van der Waals surface area contributed by atoms with E-state index in [1.165, 1.54) is 0 Å². The molecule has 0 bridgehead atoms. The minimum absolute atomic E-state index is 0.0658. The molecule has 5 heteroatoms. The van der Waals surface area contributed by atoms with Gasteiger partial charge in [-0.1, -0.05) is 42.5 Å². The molecule has 23 heavy (non-hydrogen) atoms. The fraction of sp³-hybridized carbons (Fsp3) is 0.222. The summed E-state index contributed by atoms with van der Waals surface area (Å²) in [4.78, 5) is 12.3. The average molecular weight is 306 g/mol. The summed E-state index contributed by atoms with van der Waals surface area (Å²) in [6, 6.07) is 19.4. The Morgan fingerprint density at radius 1 is 1.13 bits per heavy atom. The molecule has 0 saturated carbocycles. The van der Waals surface area contributed by atoms with Gasteiger partial charge in [-0.05, 0) is 29.7 Å². The molecular weight excluding hydrogens is 288 g/mol. The number of hydrazine groups is 1. The molecule has 1 aliphatic rings. The van der Waals surface area contributed by atoms with E-state index in [2.05, 4.69) is 22.2 Å². The summed E-state index contributed by atoms with van der Waals surface area (Å²) in [6.07, 6.45) is 1.07. The Bertz CT molecular complexity index is 706. The van der Waals surface area contributed by atoms with Crippen LogP contribution in [-0.2, 0) is 11.2 Å². The van der Waals surface area contributed by atoms with Gasteiger partial charge in [0, 0.05) is 11.7 Å². The highest BCUT2D eigenvalue weighted by Crippen LogP contribution is 2.22. The minimum Gasteiger partial charge on any atom is -0.325 e. The van der Waals surface area contributed by atoms with Crippen LogP contribution in [0.3, 0.4) is 0 Å². The van der Waals surface area contributed by atoms with Crippen LogP contribution >= 0.6 is 0 Å². The molecule has 0 aliphatic carbocycles. The number of benzene rings is 2. The maximum atomic E-state index is 12.3. The topological polar surface area (TPSA) is 77.0 Å². The molecule has 3 N–H and O–H groups in total. The molecular formula is C18H18N4O. The smallest absolute Gasteiger partial charge is 0.242 e. The molecule has 0 spiro atoms. The molecule has 1 saturated heterocycles. The third kappa shape index (κ3) is 3.75. The minimum atomic E-state index is -0.279. The van der Waals surface area contributed by atoms with E-state index in [4.69, 9.17) is 5.26 Å². The third-order valence-corrected chi connectivity index (χ3v) is 3.93. The number of nitriles is 1. The van der Waals surface area contributed by atoms with Crippen LogP contribution in [0.25, 0.3) is 0 Å². The van der Waals surface area contributed by atoms with Crippen molar-refractivity contribution in [3.63, 3.8) is 0 Å². The summed E-state index contributed by atoms with van der Waals surface area (Å²) < 4.78 is 0. The molecule has 1 heterocycles. The van der Waals surface area contributed by atoms with Gasteiger partial charge in [-0.15, -0.1) is 0 Å². The first-order valence-electron chi connectivity index (χ1n) is 7.59. The second kappa shape index (κ2) is 7.05. The van der Waals surface area contributed by atoms with Crippen molar-refractivity contribution in [1.29, 1.82) is 5.26 Å². The van der Waals surface area contributed by atoms with Crippen molar-refractivity contribution in [2.45, 2.75) is 24.9 Å². The first-order chi connectivity index (χ1) is 11.3. The van der Waals surface area contributed by atoms with Crippen molar-refractivity contribution in [3.05, 3.63) is 65.7 Å². The SMILES string of the molecule is N#CCc1ccc(NC(=O)C2CC(c3ccccc3)NN2)cc1. The first-order valence-corrected chi connectivity index (χ1v) is 7.59. The van der Waals surface area contributed by atoms with E-state index < -0.39 is 0 Å². The van der Waals surface area contributed by atoms with Gasteiger partial charge in [0.25, 0.3) is 0 Å². The number of nitrogens with one attached hydrogen (secondary N) is 3. The van der Waals surface area contributed by atoms with Gasteiger partial charge < -0.3 is 5.32 Å². The summed E-state index contributed by atoms with van der Waals surface area (Å²) in [5.74, 6) is -0.0658. The van der Waals surface area contributed by atoms with Crippen LogP contribution in [0.15, 0.2) is 54.6 Å². The maximum absolute atomic E-state index is 12.3. The molecule has 5 nitrogen and oxygen atoms in total. The van der Waals surface area contributed by atoms with E-state index in [-0.39, 0.29) is 18.0 Å². The summed E-state index contributed by atoms with van der Waals surface area (Å²) in [5, 5.41) is 11.6. The molecule has 2 atom stereocenters. The summed E-state index contributed by atoms with van der Waals surface area (Å²) in [7, 11) is 0. The van der Waals surface area contributed by atoms with Gasteiger partial charge >= 0.3 is 0 Å². The van der Waals surface area contributed by atoms with E-state index in [1.54, 1.807) is 0 Å². The number of carbonyl (C=O) groups is 1. The van der Waals surface area contributed by atoms with Crippen molar-refractivity contribution in [3.8, 4) is 6.07 Å². The lowest BCUT2D eigenvalue weighted by atomic mass is 10.0. The number of amides is 1. The van der Waals surface area contributed by atoms with Crippen molar-refractivity contribution in [2.75, 3.05) is 5.32 Å². The van der Waals surface area contributed by atoms with Gasteiger partial charge in [-0.2, -0.15) is 5.26 Å². The van der Waals surface area contributed by atoms with Crippen LogP contribution in [0, 0.1) is 11.3 Å². The zero-order chi connectivity index (χ0) is 16.1. The Morgan fingerprint density at radius 3 is 2.57 bits per heavy atom. The van der Waals surface area contributed by atoms with Crippen molar-refractivity contribution >= 4 is 11.6 Å².